The van der Waals surface area contributed by atoms with E-state index in [-0.39, 0.29) is 11.8 Å². The predicted octanol–water partition coefficient (Wildman–Crippen LogP) is 4.92. The van der Waals surface area contributed by atoms with Gasteiger partial charge in [-0.2, -0.15) is 0 Å². The van der Waals surface area contributed by atoms with Crippen molar-refractivity contribution < 1.29 is 9.59 Å². The number of rotatable bonds is 3. The van der Waals surface area contributed by atoms with Crippen LogP contribution in [-0.4, -0.2) is 17.9 Å². The lowest BCUT2D eigenvalue weighted by molar-refractivity contribution is -0.119. The third kappa shape index (κ3) is 3.27. The molecular weight excluding hydrogens is 372 g/mol. The van der Waals surface area contributed by atoms with Gasteiger partial charge in [-0.1, -0.05) is 54.1 Å². The molecule has 0 bridgehead atoms. The Morgan fingerprint density at radius 1 is 0.893 bits per heavy atom. The van der Waals surface area contributed by atoms with Crippen molar-refractivity contribution in [1.82, 2.24) is 0 Å². The lowest BCUT2D eigenvalue weighted by Crippen LogP contribution is -2.54. The zero-order chi connectivity index (χ0) is 19.7. The van der Waals surface area contributed by atoms with Crippen molar-refractivity contribution in [2.24, 2.45) is 0 Å². The minimum atomic E-state index is -0.602. The summed E-state index contributed by atoms with van der Waals surface area (Å²) in [5.74, 6) is -0.294. The maximum absolute atomic E-state index is 13.2. The van der Waals surface area contributed by atoms with Crippen LogP contribution in [-0.2, 0) is 11.3 Å². The van der Waals surface area contributed by atoms with Gasteiger partial charge >= 0.3 is 0 Å². The molecule has 0 aliphatic carbocycles. The van der Waals surface area contributed by atoms with Gasteiger partial charge in [0.2, 0.25) is 5.91 Å². The standard InChI is InChI=1S/C23H19ClN2O2/c1-16-22(27)25(15-17-11-13-19(24)14-12-17)20-9-5-6-10-21(20)26(16)23(28)18-7-3-2-4-8-18/h2-14,16H,15H2,1H3/t16-/m1/s1. The molecule has 3 aromatic carbocycles. The van der Waals surface area contributed by atoms with Crippen molar-refractivity contribution in [2.75, 3.05) is 9.80 Å². The van der Waals surface area contributed by atoms with E-state index >= 15 is 0 Å². The van der Waals surface area contributed by atoms with Gasteiger partial charge in [0, 0.05) is 10.6 Å². The predicted molar refractivity (Wildman–Crippen MR) is 112 cm³/mol. The average Bonchev–Trinajstić information content (AvgIpc) is 2.73. The van der Waals surface area contributed by atoms with Crippen LogP contribution in [0.3, 0.4) is 0 Å². The molecule has 1 atom stereocenters. The van der Waals surface area contributed by atoms with E-state index in [1.807, 2.05) is 66.7 Å². The van der Waals surface area contributed by atoms with E-state index in [4.69, 9.17) is 11.6 Å². The van der Waals surface area contributed by atoms with Crippen LogP contribution in [0.25, 0.3) is 0 Å². The normalized spacial score (nSPS) is 16.1. The number of amides is 2. The van der Waals surface area contributed by atoms with Crippen LogP contribution in [0.1, 0.15) is 22.8 Å². The molecule has 0 saturated heterocycles. The molecule has 3 aromatic rings. The summed E-state index contributed by atoms with van der Waals surface area (Å²) < 4.78 is 0. The second-order valence-electron chi connectivity index (χ2n) is 6.76. The van der Waals surface area contributed by atoms with Gasteiger partial charge in [-0.05, 0) is 48.9 Å². The summed E-state index contributed by atoms with van der Waals surface area (Å²) in [5, 5.41) is 0.655. The fraction of sp³-hybridized carbons (Fsp3) is 0.130. The van der Waals surface area contributed by atoms with Crippen molar-refractivity contribution in [1.29, 1.82) is 0 Å². The molecule has 0 N–H and O–H groups in total. The van der Waals surface area contributed by atoms with Gasteiger partial charge in [-0.3, -0.25) is 14.5 Å². The molecule has 4 rings (SSSR count). The van der Waals surface area contributed by atoms with Crippen LogP contribution in [0.2, 0.25) is 5.02 Å². The molecule has 0 radical (unpaired) electrons. The summed E-state index contributed by atoms with van der Waals surface area (Å²) in [6.07, 6.45) is 0. The number of benzene rings is 3. The van der Waals surface area contributed by atoms with Crippen molar-refractivity contribution >= 4 is 34.8 Å². The summed E-state index contributed by atoms with van der Waals surface area (Å²) in [5.41, 5.74) is 2.99. The van der Waals surface area contributed by atoms with Crippen LogP contribution >= 0.6 is 11.6 Å². The minimum Gasteiger partial charge on any atom is -0.304 e. The number of anilines is 2. The Balaban J connectivity index is 1.74. The molecule has 140 valence electrons. The summed E-state index contributed by atoms with van der Waals surface area (Å²) in [6, 6.07) is 23.4. The zero-order valence-corrected chi connectivity index (χ0v) is 16.1. The number of para-hydroxylation sites is 2. The summed E-state index contributed by atoms with van der Waals surface area (Å²) in [7, 11) is 0. The van der Waals surface area contributed by atoms with Crippen LogP contribution in [0.15, 0.2) is 78.9 Å². The highest BCUT2D eigenvalue weighted by Gasteiger charge is 2.38. The van der Waals surface area contributed by atoms with Crippen molar-refractivity contribution in [3.05, 3.63) is 95.0 Å². The molecule has 0 unspecified atom stereocenters. The number of nitrogens with zero attached hydrogens (tertiary/aromatic N) is 2. The first-order valence-corrected chi connectivity index (χ1v) is 9.47. The van der Waals surface area contributed by atoms with Gasteiger partial charge in [-0.15, -0.1) is 0 Å². The Kier molecular flexibility index (Phi) is 4.88. The Morgan fingerprint density at radius 2 is 1.50 bits per heavy atom. The van der Waals surface area contributed by atoms with Gasteiger partial charge in [0.15, 0.2) is 0 Å². The van der Waals surface area contributed by atoms with E-state index in [0.29, 0.717) is 17.1 Å². The molecule has 0 aromatic heterocycles. The third-order valence-electron chi connectivity index (χ3n) is 4.94. The number of carbonyl (C=O) groups excluding carboxylic acids is 2. The highest BCUT2D eigenvalue weighted by Crippen LogP contribution is 2.37. The van der Waals surface area contributed by atoms with E-state index in [1.54, 1.807) is 28.9 Å². The maximum atomic E-state index is 13.2. The fourth-order valence-corrected chi connectivity index (χ4v) is 3.63. The molecule has 1 heterocycles. The Bertz CT molecular complexity index is 1020. The summed E-state index contributed by atoms with van der Waals surface area (Å²) in [6.45, 7) is 2.19. The molecule has 4 nitrogen and oxygen atoms in total. The molecule has 28 heavy (non-hydrogen) atoms. The first kappa shape index (κ1) is 18.3. The largest absolute Gasteiger partial charge is 0.304 e. The molecule has 1 aliphatic heterocycles. The van der Waals surface area contributed by atoms with E-state index in [9.17, 15) is 9.59 Å². The fourth-order valence-electron chi connectivity index (χ4n) is 3.50. The molecule has 0 spiro atoms. The third-order valence-corrected chi connectivity index (χ3v) is 5.19. The van der Waals surface area contributed by atoms with E-state index in [1.165, 1.54) is 0 Å². The van der Waals surface area contributed by atoms with E-state index < -0.39 is 6.04 Å². The maximum Gasteiger partial charge on any atom is 0.259 e. The van der Waals surface area contributed by atoms with Gasteiger partial charge < -0.3 is 4.90 Å². The Labute approximate surface area is 169 Å². The van der Waals surface area contributed by atoms with Crippen molar-refractivity contribution in [3.63, 3.8) is 0 Å². The van der Waals surface area contributed by atoms with Gasteiger partial charge in [0.05, 0.1) is 17.9 Å². The molecule has 5 heteroatoms. The summed E-state index contributed by atoms with van der Waals surface area (Å²) in [4.78, 5) is 29.7. The highest BCUT2D eigenvalue weighted by atomic mass is 35.5. The minimum absolute atomic E-state index is 0.113. The molecule has 0 fully saturated rings. The number of carbonyl (C=O) groups is 2. The SMILES string of the molecule is C[C@@H]1C(=O)N(Cc2ccc(Cl)cc2)c2ccccc2N1C(=O)c1ccccc1. The lowest BCUT2D eigenvalue weighted by Gasteiger charge is -2.40. The number of hydrogen-bond donors (Lipinski definition) is 0. The number of fused-ring (bicyclic) bond motifs is 1. The van der Waals surface area contributed by atoms with Crippen LogP contribution < -0.4 is 9.80 Å². The molecular formula is C23H19ClN2O2. The number of hydrogen-bond acceptors (Lipinski definition) is 2. The van der Waals surface area contributed by atoms with Gasteiger partial charge in [0.25, 0.3) is 5.91 Å². The Hall–Kier alpha value is -3.11. The summed E-state index contributed by atoms with van der Waals surface area (Å²) >= 11 is 5.97. The van der Waals surface area contributed by atoms with E-state index in [2.05, 4.69) is 0 Å². The quantitative estimate of drug-likeness (QED) is 0.636. The first-order chi connectivity index (χ1) is 13.6. The monoisotopic (exact) mass is 390 g/mol. The van der Waals surface area contributed by atoms with Crippen LogP contribution in [0.5, 0.6) is 0 Å². The van der Waals surface area contributed by atoms with Gasteiger partial charge in [0.1, 0.15) is 6.04 Å². The molecule has 2 amide bonds. The van der Waals surface area contributed by atoms with Crippen molar-refractivity contribution in [3.8, 4) is 0 Å². The molecule has 0 saturated carbocycles. The number of halogens is 1. The van der Waals surface area contributed by atoms with Crippen LogP contribution in [0, 0.1) is 0 Å². The average molecular weight is 391 g/mol. The second kappa shape index (κ2) is 7.49. The topological polar surface area (TPSA) is 40.6 Å². The first-order valence-electron chi connectivity index (χ1n) is 9.10. The van der Waals surface area contributed by atoms with Gasteiger partial charge in [-0.25, -0.2) is 0 Å². The second-order valence-corrected chi connectivity index (χ2v) is 7.19. The zero-order valence-electron chi connectivity index (χ0n) is 15.4. The van der Waals surface area contributed by atoms with Crippen molar-refractivity contribution in [2.45, 2.75) is 19.5 Å². The highest BCUT2D eigenvalue weighted by molar-refractivity contribution is 6.30. The smallest absolute Gasteiger partial charge is 0.259 e. The molecule has 1 aliphatic rings. The van der Waals surface area contributed by atoms with E-state index in [0.717, 1.165) is 16.9 Å². The Morgan fingerprint density at radius 3 is 2.18 bits per heavy atom. The van der Waals surface area contributed by atoms with Crippen LogP contribution in [0.4, 0.5) is 11.4 Å². The lowest BCUT2D eigenvalue weighted by atomic mass is 10.0.